The van der Waals surface area contributed by atoms with E-state index in [9.17, 15) is 14.4 Å². The number of carbonyl (C=O) groups excluding carboxylic acids is 3. The van der Waals surface area contributed by atoms with Crippen molar-refractivity contribution in [3.05, 3.63) is 22.8 Å². The fourth-order valence-electron chi connectivity index (χ4n) is 3.33. The van der Waals surface area contributed by atoms with Crippen LogP contribution in [0.3, 0.4) is 0 Å². The zero-order valence-corrected chi connectivity index (χ0v) is 13.2. The summed E-state index contributed by atoms with van der Waals surface area (Å²) < 4.78 is 14.4. The van der Waals surface area contributed by atoms with Crippen LogP contribution in [0.5, 0.6) is 0 Å². The molecule has 0 amide bonds. The quantitative estimate of drug-likeness (QED) is 0.447. The van der Waals surface area contributed by atoms with Crippen LogP contribution in [0, 0.1) is 11.3 Å². The van der Waals surface area contributed by atoms with Crippen LogP contribution in [-0.2, 0) is 28.6 Å². The van der Waals surface area contributed by atoms with Gasteiger partial charge in [0.15, 0.2) is 5.41 Å². The molecule has 0 heterocycles. The van der Waals surface area contributed by atoms with Crippen molar-refractivity contribution in [2.45, 2.75) is 26.2 Å². The van der Waals surface area contributed by atoms with Gasteiger partial charge in [-0.3, -0.25) is 9.59 Å². The van der Waals surface area contributed by atoms with Gasteiger partial charge in [0, 0.05) is 5.57 Å². The maximum absolute atomic E-state index is 12.2. The first kappa shape index (κ1) is 16.3. The lowest BCUT2D eigenvalue weighted by Gasteiger charge is -2.24. The number of rotatable bonds is 3. The summed E-state index contributed by atoms with van der Waals surface area (Å²) in [5.41, 5.74) is 1.04. The van der Waals surface area contributed by atoms with E-state index in [0.717, 1.165) is 11.1 Å². The van der Waals surface area contributed by atoms with Crippen molar-refractivity contribution in [1.82, 2.24) is 0 Å². The number of ether oxygens (including phenoxy) is 3. The highest BCUT2D eigenvalue weighted by Crippen LogP contribution is 2.50. The number of methoxy groups -OCH3 is 3. The maximum Gasteiger partial charge on any atom is 0.333 e. The Balaban J connectivity index is 2.39. The Morgan fingerprint density at radius 3 is 2.14 bits per heavy atom. The van der Waals surface area contributed by atoms with Gasteiger partial charge in [0.1, 0.15) is 0 Å². The lowest BCUT2D eigenvalue weighted by molar-refractivity contribution is -0.168. The highest BCUT2D eigenvalue weighted by atomic mass is 16.5. The molecule has 0 aromatic rings. The Labute approximate surface area is 129 Å². The second kappa shape index (κ2) is 5.94. The molecule has 6 heteroatoms. The van der Waals surface area contributed by atoms with E-state index in [1.54, 1.807) is 6.08 Å². The molecule has 0 bridgehead atoms. The summed E-state index contributed by atoms with van der Waals surface area (Å²) in [5, 5.41) is 0. The van der Waals surface area contributed by atoms with Gasteiger partial charge in [0.05, 0.1) is 21.3 Å². The Bertz CT molecular complexity index is 567. The molecule has 0 radical (unpaired) electrons. The molecule has 0 saturated carbocycles. The number of hydrogen-bond acceptors (Lipinski definition) is 6. The van der Waals surface area contributed by atoms with E-state index in [1.165, 1.54) is 21.3 Å². The molecular weight excluding hydrogens is 288 g/mol. The largest absolute Gasteiger partial charge is 0.468 e. The molecule has 0 saturated heterocycles. The van der Waals surface area contributed by atoms with Gasteiger partial charge in [-0.15, -0.1) is 0 Å². The number of esters is 3. The summed E-state index contributed by atoms with van der Waals surface area (Å²) >= 11 is 0. The van der Waals surface area contributed by atoms with Crippen molar-refractivity contribution in [2.75, 3.05) is 21.3 Å². The zero-order chi connectivity index (χ0) is 16.5. The molecule has 0 unspecified atom stereocenters. The van der Waals surface area contributed by atoms with Gasteiger partial charge < -0.3 is 14.2 Å². The topological polar surface area (TPSA) is 78.9 Å². The molecule has 120 valence electrons. The van der Waals surface area contributed by atoms with E-state index in [-0.39, 0.29) is 24.7 Å². The predicted octanol–water partition coefficient (Wildman–Crippen LogP) is 1.55. The van der Waals surface area contributed by atoms with E-state index in [1.807, 2.05) is 6.92 Å². The second-order valence-corrected chi connectivity index (χ2v) is 5.74. The predicted molar refractivity (Wildman–Crippen MR) is 76.6 cm³/mol. The van der Waals surface area contributed by atoms with Crippen molar-refractivity contribution in [3.63, 3.8) is 0 Å². The summed E-state index contributed by atoms with van der Waals surface area (Å²) in [6.07, 6.45) is 2.72. The van der Waals surface area contributed by atoms with Crippen LogP contribution in [0.2, 0.25) is 0 Å². The Morgan fingerprint density at radius 2 is 1.64 bits per heavy atom. The first-order chi connectivity index (χ1) is 10.4. The SMILES string of the molecule is COC(=O)C1=CC2=C(CC(C(=O)OC)(C(=O)OC)C2)[C@H](C)C1. The highest BCUT2D eigenvalue weighted by Gasteiger charge is 2.54. The molecule has 2 aliphatic carbocycles. The van der Waals surface area contributed by atoms with Crippen LogP contribution in [0.4, 0.5) is 0 Å². The zero-order valence-electron chi connectivity index (χ0n) is 13.2. The fraction of sp³-hybridized carbons (Fsp3) is 0.562. The van der Waals surface area contributed by atoms with Gasteiger partial charge in [-0.25, -0.2) is 4.79 Å². The van der Waals surface area contributed by atoms with Gasteiger partial charge in [0.25, 0.3) is 0 Å². The third-order valence-corrected chi connectivity index (χ3v) is 4.47. The number of allylic oxidation sites excluding steroid dienone is 3. The Kier molecular flexibility index (Phi) is 4.39. The van der Waals surface area contributed by atoms with E-state index in [4.69, 9.17) is 14.2 Å². The number of hydrogen-bond donors (Lipinski definition) is 0. The molecule has 2 rings (SSSR count). The first-order valence-corrected chi connectivity index (χ1v) is 7.07. The van der Waals surface area contributed by atoms with Gasteiger partial charge >= 0.3 is 17.9 Å². The first-order valence-electron chi connectivity index (χ1n) is 7.07. The average molecular weight is 308 g/mol. The summed E-state index contributed by atoms with van der Waals surface area (Å²) in [4.78, 5) is 36.1. The minimum atomic E-state index is -1.34. The summed E-state index contributed by atoms with van der Waals surface area (Å²) in [5.74, 6) is -1.53. The fourth-order valence-corrected chi connectivity index (χ4v) is 3.33. The van der Waals surface area contributed by atoms with Crippen molar-refractivity contribution in [1.29, 1.82) is 0 Å². The molecule has 2 aliphatic rings. The van der Waals surface area contributed by atoms with Crippen LogP contribution in [-0.4, -0.2) is 39.2 Å². The van der Waals surface area contributed by atoms with Crippen molar-refractivity contribution < 1.29 is 28.6 Å². The third kappa shape index (κ3) is 2.42. The van der Waals surface area contributed by atoms with Crippen LogP contribution in [0.1, 0.15) is 26.2 Å². The van der Waals surface area contributed by atoms with Gasteiger partial charge in [-0.1, -0.05) is 12.5 Å². The van der Waals surface area contributed by atoms with Gasteiger partial charge in [-0.2, -0.15) is 0 Å². The Hall–Kier alpha value is -2.11. The maximum atomic E-state index is 12.2. The minimum absolute atomic E-state index is 0.0605. The summed E-state index contributed by atoms with van der Waals surface area (Å²) in [6, 6.07) is 0. The monoisotopic (exact) mass is 308 g/mol. The van der Waals surface area contributed by atoms with Crippen LogP contribution >= 0.6 is 0 Å². The lowest BCUT2D eigenvalue weighted by Crippen LogP contribution is -2.39. The van der Waals surface area contributed by atoms with Crippen molar-refractivity contribution in [2.24, 2.45) is 11.3 Å². The molecule has 22 heavy (non-hydrogen) atoms. The minimum Gasteiger partial charge on any atom is -0.468 e. The molecule has 0 aliphatic heterocycles. The van der Waals surface area contributed by atoms with Gasteiger partial charge in [-0.05, 0) is 36.8 Å². The average Bonchev–Trinajstić information content (AvgIpc) is 2.93. The molecule has 0 aromatic carbocycles. The second-order valence-electron chi connectivity index (χ2n) is 5.74. The van der Waals surface area contributed by atoms with Crippen LogP contribution < -0.4 is 0 Å². The Morgan fingerprint density at radius 1 is 1.05 bits per heavy atom. The van der Waals surface area contributed by atoms with Gasteiger partial charge in [0.2, 0.25) is 0 Å². The normalized spacial score (nSPS) is 22.5. The molecule has 0 N–H and O–H groups in total. The molecular formula is C16H20O6. The molecule has 0 fully saturated rings. The smallest absolute Gasteiger partial charge is 0.333 e. The van der Waals surface area contributed by atoms with E-state index < -0.39 is 17.4 Å². The van der Waals surface area contributed by atoms with Crippen molar-refractivity contribution in [3.8, 4) is 0 Å². The summed E-state index contributed by atoms with van der Waals surface area (Å²) in [7, 11) is 3.84. The number of carbonyl (C=O) groups is 3. The molecule has 0 spiro atoms. The molecule has 1 atom stereocenters. The van der Waals surface area contributed by atoms with E-state index in [0.29, 0.717) is 12.0 Å². The van der Waals surface area contributed by atoms with Crippen LogP contribution in [0.25, 0.3) is 0 Å². The highest BCUT2D eigenvalue weighted by molar-refractivity contribution is 6.02. The third-order valence-electron chi connectivity index (χ3n) is 4.47. The van der Waals surface area contributed by atoms with E-state index >= 15 is 0 Å². The molecule has 0 aromatic heterocycles. The summed E-state index contributed by atoms with van der Waals surface area (Å²) in [6.45, 7) is 1.97. The standard InChI is InChI=1S/C16H20O6/c1-9-5-10(13(17)20-2)6-11-7-16(8-12(9)11,14(18)21-3)15(19)22-4/h6,9H,5,7-8H2,1-4H3/t9-/m1/s1. The van der Waals surface area contributed by atoms with Crippen molar-refractivity contribution >= 4 is 17.9 Å². The van der Waals surface area contributed by atoms with E-state index in [2.05, 4.69) is 0 Å². The van der Waals surface area contributed by atoms with Crippen LogP contribution in [0.15, 0.2) is 22.8 Å². The lowest BCUT2D eigenvalue weighted by atomic mass is 9.82. The molecule has 6 nitrogen and oxygen atoms in total.